The third-order valence-corrected chi connectivity index (χ3v) is 3.52. The summed E-state index contributed by atoms with van der Waals surface area (Å²) in [5.41, 5.74) is -0.796. The summed E-state index contributed by atoms with van der Waals surface area (Å²) in [6, 6.07) is 2.84. The number of carbonyl (C=O) groups excluding carboxylic acids is 1. The SMILES string of the molecule is CC(NC(=O)c1cc(C(=O)O)cc([N+](=O)[O-])c1)C1CCCO1. The van der Waals surface area contributed by atoms with Crippen LogP contribution in [-0.4, -0.2) is 40.7 Å². The molecule has 8 heteroatoms. The number of aromatic carboxylic acids is 1. The van der Waals surface area contributed by atoms with Crippen LogP contribution in [0.3, 0.4) is 0 Å². The van der Waals surface area contributed by atoms with Crippen molar-refractivity contribution in [2.24, 2.45) is 0 Å². The largest absolute Gasteiger partial charge is 0.478 e. The van der Waals surface area contributed by atoms with E-state index in [1.165, 1.54) is 0 Å². The van der Waals surface area contributed by atoms with Crippen LogP contribution in [0.25, 0.3) is 0 Å². The van der Waals surface area contributed by atoms with Gasteiger partial charge in [-0.3, -0.25) is 14.9 Å². The molecule has 2 atom stereocenters. The van der Waals surface area contributed by atoms with Crippen LogP contribution in [0.2, 0.25) is 0 Å². The second-order valence-electron chi connectivity index (χ2n) is 5.14. The molecule has 8 nitrogen and oxygen atoms in total. The van der Waals surface area contributed by atoms with Crippen molar-refractivity contribution >= 4 is 17.6 Å². The molecule has 1 heterocycles. The highest BCUT2D eigenvalue weighted by Crippen LogP contribution is 2.19. The van der Waals surface area contributed by atoms with Gasteiger partial charge in [0.05, 0.1) is 22.6 Å². The molecule has 1 saturated heterocycles. The van der Waals surface area contributed by atoms with Crippen LogP contribution < -0.4 is 5.32 Å². The second-order valence-corrected chi connectivity index (χ2v) is 5.14. The van der Waals surface area contributed by atoms with Gasteiger partial charge in [0.25, 0.3) is 11.6 Å². The van der Waals surface area contributed by atoms with Gasteiger partial charge in [-0.15, -0.1) is 0 Å². The third-order valence-electron chi connectivity index (χ3n) is 3.52. The lowest BCUT2D eigenvalue weighted by atomic mass is 10.1. The fourth-order valence-electron chi connectivity index (χ4n) is 2.35. The number of benzene rings is 1. The Hall–Kier alpha value is -2.48. The van der Waals surface area contributed by atoms with Gasteiger partial charge in [-0.05, 0) is 25.8 Å². The topological polar surface area (TPSA) is 119 Å². The van der Waals surface area contributed by atoms with Crippen LogP contribution in [0.1, 0.15) is 40.5 Å². The Labute approximate surface area is 126 Å². The molecule has 22 heavy (non-hydrogen) atoms. The van der Waals surface area contributed by atoms with Crippen molar-refractivity contribution < 1.29 is 24.4 Å². The summed E-state index contributed by atoms with van der Waals surface area (Å²) in [7, 11) is 0. The number of carbonyl (C=O) groups is 2. The minimum absolute atomic E-state index is 0.0588. The third kappa shape index (κ3) is 3.59. The van der Waals surface area contributed by atoms with E-state index in [4.69, 9.17) is 9.84 Å². The predicted molar refractivity (Wildman–Crippen MR) is 76.0 cm³/mol. The zero-order valence-corrected chi connectivity index (χ0v) is 11.9. The molecule has 118 valence electrons. The molecule has 2 unspecified atom stereocenters. The lowest BCUT2D eigenvalue weighted by Gasteiger charge is -2.20. The average Bonchev–Trinajstić information content (AvgIpc) is 3.00. The fourth-order valence-corrected chi connectivity index (χ4v) is 2.35. The number of amides is 1. The maximum absolute atomic E-state index is 12.2. The zero-order valence-electron chi connectivity index (χ0n) is 11.9. The molecule has 1 aliphatic heterocycles. The molecule has 0 saturated carbocycles. The Kier molecular flexibility index (Phi) is 4.71. The van der Waals surface area contributed by atoms with Gasteiger partial charge in [0.15, 0.2) is 0 Å². The normalized spacial score (nSPS) is 18.7. The van der Waals surface area contributed by atoms with E-state index in [1.807, 2.05) is 0 Å². The number of nitro groups is 1. The summed E-state index contributed by atoms with van der Waals surface area (Å²) in [6.07, 6.45) is 1.66. The summed E-state index contributed by atoms with van der Waals surface area (Å²) in [6.45, 7) is 2.42. The lowest BCUT2D eigenvalue weighted by Crippen LogP contribution is -2.40. The number of ether oxygens (including phenoxy) is 1. The molecule has 1 amide bonds. The summed E-state index contributed by atoms with van der Waals surface area (Å²) in [5.74, 6) is -1.89. The van der Waals surface area contributed by atoms with Crippen LogP contribution in [-0.2, 0) is 4.74 Å². The van der Waals surface area contributed by atoms with Crippen molar-refractivity contribution in [3.05, 3.63) is 39.4 Å². The van der Waals surface area contributed by atoms with E-state index in [9.17, 15) is 19.7 Å². The molecule has 0 spiro atoms. The smallest absolute Gasteiger partial charge is 0.335 e. The Morgan fingerprint density at radius 3 is 2.64 bits per heavy atom. The number of nitro benzene ring substituents is 1. The van der Waals surface area contributed by atoms with Crippen LogP contribution in [0, 0.1) is 10.1 Å². The molecule has 1 aromatic rings. The van der Waals surface area contributed by atoms with E-state index in [1.54, 1.807) is 6.92 Å². The first-order valence-electron chi connectivity index (χ1n) is 6.83. The van der Waals surface area contributed by atoms with E-state index in [-0.39, 0.29) is 23.3 Å². The summed E-state index contributed by atoms with van der Waals surface area (Å²) in [4.78, 5) is 33.3. The van der Waals surface area contributed by atoms with Gasteiger partial charge < -0.3 is 15.2 Å². The molecule has 1 fully saturated rings. The second kappa shape index (κ2) is 6.52. The Morgan fingerprint density at radius 1 is 1.41 bits per heavy atom. The highest BCUT2D eigenvalue weighted by atomic mass is 16.6. The zero-order chi connectivity index (χ0) is 16.3. The highest BCUT2D eigenvalue weighted by Gasteiger charge is 2.25. The molecule has 0 bridgehead atoms. The van der Waals surface area contributed by atoms with E-state index < -0.39 is 22.5 Å². The minimum atomic E-state index is -1.33. The van der Waals surface area contributed by atoms with Crippen molar-refractivity contribution in [2.75, 3.05) is 6.61 Å². The van der Waals surface area contributed by atoms with Gasteiger partial charge in [0.1, 0.15) is 0 Å². The number of carboxylic acids is 1. The molecular formula is C14H16N2O6. The molecule has 0 aliphatic carbocycles. The molecule has 0 radical (unpaired) electrons. The van der Waals surface area contributed by atoms with Gasteiger partial charge in [-0.2, -0.15) is 0 Å². The van der Waals surface area contributed by atoms with E-state index >= 15 is 0 Å². The molecule has 2 rings (SSSR count). The number of hydrogen-bond donors (Lipinski definition) is 2. The predicted octanol–water partition coefficient (Wildman–Crippen LogP) is 1.59. The fraction of sp³-hybridized carbons (Fsp3) is 0.429. The minimum Gasteiger partial charge on any atom is -0.478 e. The first-order chi connectivity index (χ1) is 10.4. The molecular weight excluding hydrogens is 292 g/mol. The first-order valence-corrected chi connectivity index (χ1v) is 6.83. The molecule has 2 N–H and O–H groups in total. The molecule has 0 aromatic heterocycles. The summed E-state index contributed by atoms with van der Waals surface area (Å²) in [5, 5.41) is 22.5. The Bertz CT molecular complexity index is 577. The van der Waals surface area contributed by atoms with Crippen LogP contribution in [0.5, 0.6) is 0 Å². The average molecular weight is 308 g/mol. The van der Waals surface area contributed by atoms with Gasteiger partial charge in [-0.1, -0.05) is 0 Å². The quantitative estimate of drug-likeness (QED) is 0.629. The summed E-state index contributed by atoms with van der Waals surface area (Å²) >= 11 is 0. The summed E-state index contributed by atoms with van der Waals surface area (Å²) < 4.78 is 5.46. The highest BCUT2D eigenvalue weighted by molar-refractivity contribution is 5.98. The van der Waals surface area contributed by atoms with Crippen LogP contribution >= 0.6 is 0 Å². The van der Waals surface area contributed by atoms with Crippen molar-refractivity contribution in [1.82, 2.24) is 5.32 Å². The van der Waals surface area contributed by atoms with Crippen molar-refractivity contribution in [2.45, 2.75) is 31.9 Å². The van der Waals surface area contributed by atoms with Crippen molar-refractivity contribution in [1.29, 1.82) is 0 Å². The first kappa shape index (κ1) is 15.9. The standard InChI is InChI=1S/C14H16N2O6/c1-8(12-3-2-4-22-12)15-13(17)9-5-10(14(18)19)7-11(6-9)16(20)21/h5-8,12H,2-4H2,1H3,(H,15,17)(H,18,19). The lowest BCUT2D eigenvalue weighted by molar-refractivity contribution is -0.384. The maximum Gasteiger partial charge on any atom is 0.335 e. The number of nitrogens with one attached hydrogen (secondary N) is 1. The monoisotopic (exact) mass is 308 g/mol. The number of non-ortho nitro benzene ring substituents is 1. The van der Waals surface area contributed by atoms with Crippen molar-refractivity contribution in [3.63, 3.8) is 0 Å². The number of rotatable bonds is 5. The van der Waals surface area contributed by atoms with E-state index in [2.05, 4.69) is 5.32 Å². The van der Waals surface area contributed by atoms with Crippen LogP contribution in [0.4, 0.5) is 5.69 Å². The van der Waals surface area contributed by atoms with Gasteiger partial charge in [0.2, 0.25) is 0 Å². The maximum atomic E-state index is 12.2. The molecule has 1 aliphatic rings. The Balaban J connectivity index is 2.20. The van der Waals surface area contributed by atoms with Crippen LogP contribution in [0.15, 0.2) is 18.2 Å². The van der Waals surface area contributed by atoms with Gasteiger partial charge in [0, 0.05) is 24.3 Å². The Morgan fingerprint density at radius 2 is 2.09 bits per heavy atom. The molecule has 1 aromatic carbocycles. The van der Waals surface area contributed by atoms with E-state index in [0.717, 1.165) is 31.0 Å². The van der Waals surface area contributed by atoms with Crippen molar-refractivity contribution in [3.8, 4) is 0 Å². The van der Waals surface area contributed by atoms with Gasteiger partial charge >= 0.3 is 5.97 Å². The number of nitrogens with zero attached hydrogens (tertiary/aromatic N) is 1. The van der Waals surface area contributed by atoms with E-state index in [0.29, 0.717) is 6.61 Å². The van der Waals surface area contributed by atoms with Gasteiger partial charge in [-0.25, -0.2) is 4.79 Å². The number of hydrogen-bond acceptors (Lipinski definition) is 5. The number of carboxylic acid groups (broad SMARTS) is 1.